The minimum Gasteiger partial charge on any atom is -0.466 e. The molecule has 0 aliphatic heterocycles. The van der Waals surface area contributed by atoms with Gasteiger partial charge in [0, 0.05) is 0 Å². The Balaban J connectivity index is 2.80. The van der Waals surface area contributed by atoms with E-state index in [0.717, 1.165) is 5.76 Å². The number of hydrogen-bond acceptors (Lipinski definition) is 2. The number of nitrogens with one attached hydrogen (secondary N) is 1. The van der Waals surface area contributed by atoms with Crippen molar-refractivity contribution in [2.75, 3.05) is 0 Å². The second-order valence-corrected chi connectivity index (χ2v) is 3.19. The lowest BCUT2D eigenvalue weighted by Gasteiger charge is -2.05. The first-order chi connectivity index (χ1) is 6.54. The molecular formula is C11H13NO2. The standard InChI is InChI=1S/C11H13NO2/c1-5-7(2)12-11(13)10-6-8(3)14-9(10)4/h1,6-7H,2-4H3,(H,12,13). The summed E-state index contributed by atoms with van der Waals surface area (Å²) in [6, 6.07) is 1.44. The number of rotatable bonds is 2. The Morgan fingerprint density at radius 2 is 2.29 bits per heavy atom. The van der Waals surface area contributed by atoms with Crippen LogP contribution < -0.4 is 5.32 Å². The molecule has 1 N–H and O–H groups in total. The van der Waals surface area contributed by atoms with Gasteiger partial charge in [0.05, 0.1) is 11.6 Å². The molecule has 0 aliphatic carbocycles. The molecule has 1 atom stereocenters. The van der Waals surface area contributed by atoms with Crippen molar-refractivity contribution in [1.29, 1.82) is 0 Å². The normalized spacial score (nSPS) is 11.9. The van der Waals surface area contributed by atoms with Crippen molar-refractivity contribution in [2.45, 2.75) is 26.8 Å². The molecular weight excluding hydrogens is 178 g/mol. The first kappa shape index (κ1) is 10.4. The zero-order valence-corrected chi connectivity index (χ0v) is 8.55. The van der Waals surface area contributed by atoms with E-state index < -0.39 is 0 Å². The number of furan rings is 1. The van der Waals surface area contributed by atoms with Crippen LogP contribution in [0.25, 0.3) is 0 Å². The van der Waals surface area contributed by atoms with Crippen molar-refractivity contribution < 1.29 is 9.21 Å². The van der Waals surface area contributed by atoms with Crippen LogP contribution in [0.1, 0.15) is 28.8 Å². The first-order valence-electron chi connectivity index (χ1n) is 4.38. The van der Waals surface area contributed by atoms with E-state index in [-0.39, 0.29) is 11.9 Å². The van der Waals surface area contributed by atoms with Crippen LogP contribution in [0.5, 0.6) is 0 Å². The second kappa shape index (κ2) is 4.01. The minimum atomic E-state index is -0.267. The highest BCUT2D eigenvalue weighted by Gasteiger charge is 2.14. The molecule has 0 aliphatic rings. The van der Waals surface area contributed by atoms with E-state index in [1.807, 2.05) is 0 Å². The highest BCUT2D eigenvalue weighted by atomic mass is 16.3. The van der Waals surface area contributed by atoms with Gasteiger partial charge in [0.25, 0.3) is 5.91 Å². The lowest BCUT2D eigenvalue weighted by Crippen LogP contribution is -2.31. The molecule has 1 aromatic rings. The van der Waals surface area contributed by atoms with Gasteiger partial charge in [0.2, 0.25) is 0 Å². The minimum absolute atomic E-state index is 0.190. The number of carbonyl (C=O) groups is 1. The Bertz CT molecular complexity index is 384. The van der Waals surface area contributed by atoms with Crippen molar-refractivity contribution in [3.63, 3.8) is 0 Å². The summed E-state index contributed by atoms with van der Waals surface area (Å²) in [6.07, 6.45) is 5.15. The summed E-state index contributed by atoms with van der Waals surface area (Å²) in [4.78, 5) is 11.6. The third kappa shape index (κ3) is 2.17. The van der Waals surface area contributed by atoms with Crippen LogP contribution in [-0.4, -0.2) is 11.9 Å². The summed E-state index contributed by atoms with van der Waals surface area (Å²) in [7, 11) is 0. The largest absolute Gasteiger partial charge is 0.466 e. The SMILES string of the molecule is C#CC(C)NC(=O)c1cc(C)oc1C. The maximum absolute atomic E-state index is 11.6. The maximum Gasteiger partial charge on any atom is 0.255 e. The van der Waals surface area contributed by atoms with E-state index in [0.29, 0.717) is 11.3 Å². The Labute approximate surface area is 83.5 Å². The molecule has 14 heavy (non-hydrogen) atoms. The molecule has 3 nitrogen and oxygen atoms in total. The summed E-state index contributed by atoms with van der Waals surface area (Å²) in [5, 5.41) is 2.66. The van der Waals surface area contributed by atoms with Crippen molar-refractivity contribution in [1.82, 2.24) is 5.32 Å². The molecule has 0 saturated carbocycles. The second-order valence-electron chi connectivity index (χ2n) is 3.19. The molecule has 0 aromatic carbocycles. The number of aryl methyl sites for hydroxylation is 2. The number of terminal acetylenes is 1. The molecule has 1 unspecified atom stereocenters. The molecule has 3 heteroatoms. The molecule has 0 spiro atoms. The predicted octanol–water partition coefficient (Wildman–Crippen LogP) is 1.65. The lowest BCUT2D eigenvalue weighted by atomic mass is 10.2. The van der Waals surface area contributed by atoms with Gasteiger partial charge >= 0.3 is 0 Å². The van der Waals surface area contributed by atoms with Gasteiger partial charge in [-0.1, -0.05) is 5.92 Å². The van der Waals surface area contributed by atoms with Gasteiger partial charge in [-0.15, -0.1) is 6.42 Å². The van der Waals surface area contributed by atoms with Crippen molar-refractivity contribution in [2.24, 2.45) is 0 Å². The number of carbonyl (C=O) groups excluding carboxylic acids is 1. The molecule has 0 fully saturated rings. The van der Waals surface area contributed by atoms with Crippen molar-refractivity contribution >= 4 is 5.91 Å². The highest BCUT2D eigenvalue weighted by molar-refractivity contribution is 5.95. The molecule has 1 aromatic heterocycles. The van der Waals surface area contributed by atoms with Gasteiger partial charge in [-0.25, -0.2) is 0 Å². The average molecular weight is 191 g/mol. The van der Waals surface area contributed by atoms with Gasteiger partial charge in [0.1, 0.15) is 11.5 Å². The summed E-state index contributed by atoms with van der Waals surface area (Å²) in [5.74, 6) is 3.58. The van der Waals surface area contributed by atoms with Crippen LogP contribution >= 0.6 is 0 Å². The third-order valence-electron chi connectivity index (χ3n) is 1.88. The molecule has 1 heterocycles. The van der Waals surface area contributed by atoms with Gasteiger partial charge in [-0.2, -0.15) is 0 Å². The van der Waals surface area contributed by atoms with Gasteiger partial charge < -0.3 is 9.73 Å². The van der Waals surface area contributed by atoms with Gasteiger partial charge in [-0.05, 0) is 26.8 Å². The van der Waals surface area contributed by atoms with Crippen LogP contribution in [0.15, 0.2) is 10.5 Å². The fourth-order valence-corrected chi connectivity index (χ4v) is 1.17. The van der Waals surface area contributed by atoms with Crippen LogP contribution in [0, 0.1) is 26.2 Å². The molecule has 74 valence electrons. The van der Waals surface area contributed by atoms with Crippen LogP contribution in [0.3, 0.4) is 0 Å². The van der Waals surface area contributed by atoms with E-state index in [1.165, 1.54) is 0 Å². The Morgan fingerprint density at radius 3 is 2.71 bits per heavy atom. The Hall–Kier alpha value is -1.69. The predicted molar refractivity (Wildman–Crippen MR) is 53.9 cm³/mol. The van der Waals surface area contributed by atoms with Gasteiger partial charge in [0.15, 0.2) is 0 Å². The zero-order valence-electron chi connectivity index (χ0n) is 8.55. The third-order valence-corrected chi connectivity index (χ3v) is 1.88. The number of hydrogen-bond donors (Lipinski definition) is 1. The fourth-order valence-electron chi connectivity index (χ4n) is 1.17. The van der Waals surface area contributed by atoms with E-state index >= 15 is 0 Å². The summed E-state index contributed by atoms with van der Waals surface area (Å²) >= 11 is 0. The summed E-state index contributed by atoms with van der Waals surface area (Å²) in [5.41, 5.74) is 0.546. The van der Waals surface area contributed by atoms with Crippen molar-refractivity contribution in [3.05, 3.63) is 23.2 Å². The first-order valence-corrected chi connectivity index (χ1v) is 4.38. The van der Waals surface area contributed by atoms with Crippen LogP contribution in [0.4, 0.5) is 0 Å². The monoisotopic (exact) mass is 191 g/mol. The summed E-state index contributed by atoms with van der Waals surface area (Å²) in [6.45, 7) is 5.30. The highest BCUT2D eigenvalue weighted by Crippen LogP contribution is 2.13. The van der Waals surface area contributed by atoms with E-state index in [4.69, 9.17) is 10.8 Å². The number of amides is 1. The van der Waals surface area contributed by atoms with Crippen LogP contribution in [-0.2, 0) is 0 Å². The fraction of sp³-hybridized carbons (Fsp3) is 0.364. The molecule has 1 rings (SSSR count). The molecule has 0 saturated heterocycles. The van der Waals surface area contributed by atoms with E-state index in [1.54, 1.807) is 26.8 Å². The smallest absolute Gasteiger partial charge is 0.255 e. The quantitative estimate of drug-likeness (QED) is 0.722. The van der Waals surface area contributed by atoms with E-state index in [9.17, 15) is 4.79 Å². The molecule has 0 bridgehead atoms. The van der Waals surface area contributed by atoms with Crippen LogP contribution in [0.2, 0.25) is 0 Å². The Kier molecular flexibility index (Phi) is 2.98. The molecule has 1 amide bonds. The zero-order chi connectivity index (χ0) is 10.7. The lowest BCUT2D eigenvalue weighted by molar-refractivity contribution is 0.0946. The maximum atomic E-state index is 11.6. The molecule has 0 radical (unpaired) electrons. The van der Waals surface area contributed by atoms with Gasteiger partial charge in [-0.3, -0.25) is 4.79 Å². The topological polar surface area (TPSA) is 42.2 Å². The van der Waals surface area contributed by atoms with E-state index in [2.05, 4.69) is 11.2 Å². The van der Waals surface area contributed by atoms with Crippen molar-refractivity contribution in [3.8, 4) is 12.3 Å². The average Bonchev–Trinajstić information content (AvgIpc) is 2.45. The Morgan fingerprint density at radius 1 is 1.64 bits per heavy atom. The summed E-state index contributed by atoms with van der Waals surface area (Å²) < 4.78 is 5.24.